The standard InChI is InChI=1S/C26H34O5/c1-7-9-10-11-20-15-23(27)25(22-14-18(5)12-13-21(22)17(3)4)24(16-20)30-19(6)31-26(28)29-8-2/h12-16,19,27H,3,7-11H2,1-2,4-6H3. The number of carbonyl (C=O) groups excluding carboxylic acids is 1. The van der Waals surface area contributed by atoms with Crippen molar-refractivity contribution in [2.75, 3.05) is 6.61 Å². The number of benzene rings is 2. The van der Waals surface area contributed by atoms with Crippen molar-refractivity contribution in [2.45, 2.75) is 66.6 Å². The molecule has 1 atom stereocenters. The van der Waals surface area contributed by atoms with Gasteiger partial charge in [0.25, 0.3) is 0 Å². The maximum Gasteiger partial charge on any atom is 0.511 e. The number of aromatic hydroxyl groups is 1. The van der Waals surface area contributed by atoms with E-state index in [9.17, 15) is 9.90 Å². The van der Waals surface area contributed by atoms with E-state index < -0.39 is 12.4 Å². The van der Waals surface area contributed by atoms with Crippen molar-refractivity contribution in [3.05, 3.63) is 53.6 Å². The fourth-order valence-electron chi connectivity index (χ4n) is 3.47. The Morgan fingerprint density at radius 1 is 1.16 bits per heavy atom. The average molecular weight is 427 g/mol. The molecule has 0 heterocycles. The number of allylic oxidation sites excluding steroid dienone is 1. The number of phenols is 1. The molecule has 2 rings (SSSR count). The first kappa shape index (κ1) is 24.3. The Balaban J connectivity index is 2.52. The largest absolute Gasteiger partial charge is 0.511 e. The fourth-order valence-corrected chi connectivity index (χ4v) is 3.47. The molecule has 1 N–H and O–H groups in total. The Morgan fingerprint density at radius 3 is 2.55 bits per heavy atom. The van der Waals surface area contributed by atoms with E-state index in [2.05, 4.69) is 13.5 Å². The van der Waals surface area contributed by atoms with Crippen LogP contribution in [0, 0.1) is 6.92 Å². The highest BCUT2D eigenvalue weighted by Crippen LogP contribution is 2.43. The molecule has 0 aliphatic heterocycles. The molecule has 5 heteroatoms. The van der Waals surface area contributed by atoms with Gasteiger partial charge < -0.3 is 19.3 Å². The maximum absolute atomic E-state index is 11.7. The number of unbranched alkanes of at least 4 members (excludes halogenated alkanes) is 2. The van der Waals surface area contributed by atoms with Gasteiger partial charge in [-0.1, -0.05) is 55.7 Å². The van der Waals surface area contributed by atoms with Crippen molar-refractivity contribution < 1.29 is 24.1 Å². The van der Waals surface area contributed by atoms with Crippen molar-refractivity contribution in [3.63, 3.8) is 0 Å². The lowest BCUT2D eigenvalue weighted by Gasteiger charge is -2.21. The Hall–Kier alpha value is -2.95. The first-order valence-corrected chi connectivity index (χ1v) is 10.9. The summed E-state index contributed by atoms with van der Waals surface area (Å²) in [4.78, 5) is 11.7. The van der Waals surface area contributed by atoms with Crippen molar-refractivity contribution in [2.24, 2.45) is 0 Å². The number of aryl methyl sites for hydroxylation is 2. The Bertz CT molecular complexity index is 916. The third-order valence-corrected chi connectivity index (χ3v) is 4.93. The predicted octanol–water partition coefficient (Wildman–Crippen LogP) is 7.03. The number of hydrogen-bond donors (Lipinski definition) is 1. The van der Waals surface area contributed by atoms with E-state index in [0.717, 1.165) is 53.5 Å². The number of rotatable bonds is 10. The molecule has 2 aromatic carbocycles. The minimum Gasteiger partial charge on any atom is -0.507 e. The van der Waals surface area contributed by atoms with E-state index >= 15 is 0 Å². The van der Waals surface area contributed by atoms with Crippen molar-refractivity contribution in [1.29, 1.82) is 0 Å². The lowest BCUT2D eigenvalue weighted by Crippen LogP contribution is -2.22. The molecule has 0 saturated carbocycles. The zero-order valence-electron chi connectivity index (χ0n) is 19.3. The van der Waals surface area contributed by atoms with Gasteiger partial charge in [0.2, 0.25) is 6.29 Å². The van der Waals surface area contributed by atoms with Gasteiger partial charge in [-0.2, -0.15) is 0 Å². The first-order valence-electron chi connectivity index (χ1n) is 10.9. The van der Waals surface area contributed by atoms with E-state index in [0.29, 0.717) is 11.3 Å². The summed E-state index contributed by atoms with van der Waals surface area (Å²) in [5.41, 5.74) is 5.20. The van der Waals surface area contributed by atoms with Gasteiger partial charge in [-0.05, 0) is 62.4 Å². The summed E-state index contributed by atoms with van der Waals surface area (Å²) in [5.74, 6) is 0.580. The Kier molecular flexibility index (Phi) is 8.98. The van der Waals surface area contributed by atoms with Crippen LogP contribution in [-0.2, 0) is 15.9 Å². The molecule has 0 fully saturated rings. The van der Waals surface area contributed by atoms with E-state index in [1.807, 2.05) is 38.1 Å². The molecule has 2 aromatic rings. The summed E-state index contributed by atoms with van der Waals surface area (Å²) in [6.07, 6.45) is 2.39. The fraction of sp³-hybridized carbons (Fsp3) is 0.423. The minimum atomic E-state index is -0.888. The van der Waals surface area contributed by atoms with Crippen LogP contribution in [0.2, 0.25) is 0 Å². The summed E-state index contributed by atoms with van der Waals surface area (Å²) in [5, 5.41) is 11.0. The van der Waals surface area contributed by atoms with E-state index in [4.69, 9.17) is 14.2 Å². The van der Waals surface area contributed by atoms with Gasteiger partial charge in [0.1, 0.15) is 11.5 Å². The third-order valence-electron chi connectivity index (χ3n) is 4.93. The smallest absolute Gasteiger partial charge is 0.507 e. The molecule has 0 aliphatic carbocycles. The van der Waals surface area contributed by atoms with E-state index in [-0.39, 0.29) is 12.4 Å². The number of phenolic OH excluding ortho intramolecular Hbond substituents is 1. The molecule has 1 unspecified atom stereocenters. The summed E-state index contributed by atoms with van der Waals surface area (Å²) < 4.78 is 16.0. The highest BCUT2D eigenvalue weighted by molar-refractivity contribution is 5.86. The quantitative estimate of drug-likeness (QED) is 0.251. The zero-order valence-corrected chi connectivity index (χ0v) is 19.3. The second-order valence-electron chi connectivity index (χ2n) is 7.76. The first-order chi connectivity index (χ1) is 14.8. The molecule has 0 saturated heterocycles. The molecule has 0 spiro atoms. The van der Waals surface area contributed by atoms with Crippen molar-refractivity contribution in [3.8, 4) is 22.6 Å². The molecule has 0 aliphatic rings. The van der Waals surface area contributed by atoms with Gasteiger partial charge in [-0.15, -0.1) is 0 Å². The van der Waals surface area contributed by atoms with Gasteiger partial charge in [0.05, 0.1) is 12.2 Å². The van der Waals surface area contributed by atoms with E-state index in [1.165, 1.54) is 0 Å². The SMILES string of the molecule is C=C(C)c1ccc(C)cc1-c1c(O)cc(CCCCC)cc1OC(C)OC(=O)OCC. The molecule has 0 amide bonds. The topological polar surface area (TPSA) is 65.0 Å². The molecular formula is C26H34O5. The van der Waals surface area contributed by atoms with Gasteiger partial charge >= 0.3 is 6.16 Å². The van der Waals surface area contributed by atoms with Gasteiger partial charge in [-0.25, -0.2) is 4.79 Å². The van der Waals surface area contributed by atoms with Crippen LogP contribution in [0.1, 0.15) is 63.6 Å². The number of carbonyl (C=O) groups is 1. The van der Waals surface area contributed by atoms with Gasteiger partial charge in [-0.3, -0.25) is 0 Å². The summed E-state index contributed by atoms with van der Waals surface area (Å²) in [6, 6.07) is 9.71. The van der Waals surface area contributed by atoms with Crippen LogP contribution in [0.25, 0.3) is 16.7 Å². The molecule has 0 radical (unpaired) electrons. The van der Waals surface area contributed by atoms with Crippen molar-refractivity contribution >= 4 is 11.7 Å². The van der Waals surface area contributed by atoms with Gasteiger partial charge in [0, 0.05) is 6.92 Å². The molecule has 5 nitrogen and oxygen atoms in total. The van der Waals surface area contributed by atoms with Crippen LogP contribution in [0.4, 0.5) is 4.79 Å². The molecular weight excluding hydrogens is 392 g/mol. The lowest BCUT2D eigenvalue weighted by molar-refractivity contribution is -0.0516. The summed E-state index contributed by atoms with van der Waals surface area (Å²) >= 11 is 0. The lowest BCUT2D eigenvalue weighted by atomic mass is 9.91. The van der Waals surface area contributed by atoms with Crippen LogP contribution in [0.5, 0.6) is 11.5 Å². The molecule has 31 heavy (non-hydrogen) atoms. The molecule has 0 aromatic heterocycles. The maximum atomic E-state index is 11.7. The number of hydrogen-bond acceptors (Lipinski definition) is 5. The van der Waals surface area contributed by atoms with Crippen LogP contribution in [-0.4, -0.2) is 24.2 Å². The molecule has 168 valence electrons. The average Bonchev–Trinajstić information content (AvgIpc) is 2.67. The highest BCUT2D eigenvalue weighted by Gasteiger charge is 2.21. The van der Waals surface area contributed by atoms with Crippen LogP contribution in [0.3, 0.4) is 0 Å². The monoisotopic (exact) mass is 426 g/mol. The second-order valence-corrected chi connectivity index (χ2v) is 7.76. The number of ether oxygens (including phenoxy) is 3. The predicted molar refractivity (Wildman–Crippen MR) is 124 cm³/mol. The van der Waals surface area contributed by atoms with E-state index in [1.54, 1.807) is 19.9 Å². The summed E-state index contributed by atoms with van der Waals surface area (Å²) in [6.45, 7) is 13.7. The zero-order chi connectivity index (χ0) is 23.0. The normalized spacial score (nSPS) is 11.6. The van der Waals surface area contributed by atoms with Crippen LogP contribution < -0.4 is 4.74 Å². The van der Waals surface area contributed by atoms with Crippen LogP contribution >= 0.6 is 0 Å². The summed E-state index contributed by atoms with van der Waals surface area (Å²) in [7, 11) is 0. The second kappa shape index (κ2) is 11.4. The molecule has 0 bridgehead atoms. The highest BCUT2D eigenvalue weighted by atomic mass is 16.8. The van der Waals surface area contributed by atoms with Crippen molar-refractivity contribution in [1.82, 2.24) is 0 Å². The van der Waals surface area contributed by atoms with Gasteiger partial charge in [0.15, 0.2) is 0 Å². The van der Waals surface area contributed by atoms with Crippen LogP contribution in [0.15, 0.2) is 36.9 Å². The Morgan fingerprint density at radius 2 is 1.90 bits per heavy atom. The Labute approximate surface area is 185 Å². The third kappa shape index (κ3) is 6.78. The minimum absolute atomic E-state index is 0.125.